The molecule has 2 aromatic carbocycles. The second-order valence-electron chi connectivity index (χ2n) is 6.70. The Bertz CT molecular complexity index is 1160. The normalized spacial score (nSPS) is 13.1. The smallest absolute Gasteiger partial charge is 0.259 e. The van der Waals surface area contributed by atoms with Crippen molar-refractivity contribution in [3.8, 4) is 11.3 Å². The summed E-state index contributed by atoms with van der Waals surface area (Å²) in [5, 5.41) is 4.72. The summed E-state index contributed by atoms with van der Waals surface area (Å²) in [6.07, 6.45) is 0.865. The maximum atomic E-state index is 13.5. The molecular weight excluding hydrogens is 338 g/mol. The molecule has 0 fully saturated rings. The molecule has 0 unspecified atom stereocenters. The molecule has 0 saturated carbocycles. The number of carbonyl (C=O) groups excluding carboxylic acids is 1. The maximum absolute atomic E-state index is 13.5. The largest absolute Gasteiger partial charge is 0.335 e. The number of amides is 1. The summed E-state index contributed by atoms with van der Waals surface area (Å²) in [5.41, 5.74) is 5.45. The summed E-state index contributed by atoms with van der Waals surface area (Å²) in [6, 6.07) is 19.7. The molecule has 5 heteroatoms. The third-order valence-corrected chi connectivity index (χ3v) is 5.05. The van der Waals surface area contributed by atoms with Gasteiger partial charge in [-0.3, -0.25) is 4.79 Å². The van der Waals surface area contributed by atoms with Crippen molar-refractivity contribution in [3.05, 3.63) is 77.5 Å². The molecule has 0 aliphatic carbocycles. The highest BCUT2D eigenvalue weighted by Gasteiger charge is 2.28. The molecule has 2 aromatic heterocycles. The van der Waals surface area contributed by atoms with Gasteiger partial charge in [0.25, 0.3) is 11.6 Å². The Balaban J connectivity index is 1.68. The van der Waals surface area contributed by atoms with E-state index in [-0.39, 0.29) is 5.91 Å². The lowest BCUT2D eigenvalue weighted by molar-refractivity contribution is 0.0991. The van der Waals surface area contributed by atoms with Crippen LogP contribution in [0.3, 0.4) is 0 Å². The van der Waals surface area contributed by atoms with Gasteiger partial charge in [-0.15, -0.1) is 0 Å². The van der Waals surface area contributed by atoms with E-state index in [4.69, 9.17) is 4.52 Å². The Morgan fingerprint density at radius 3 is 2.70 bits per heavy atom. The van der Waals surface area contributed by atoms with Gasteiger partial charge in [0.15, 0.2) is 0 Å². The molecule has 4 aromatic rings. The topological polar surface area (TPSA) is 59.2 Å². The number of rotatable bonds is 2. The van der Waals surface area contributed by atoms with Crippen molar-refractivity contribution in [2.24, 2.45) is 0 Å². The predicted octanol–water partition coefficient (Wildman–Crippen LogP) is 4.40. The van der Waals surface area contributed by atoms with Gasteiger partial charge in [-0.25, -0.2) is 4.98 Å². The van der Waals surface area contributed by atoms with Gasteiger partial charge in [-0.05, 0) is 31.0 Å². The maximum Gasteiger partial charge on any atom is 0.259 e. The van der Waals surface area contributed by atoms with Gasteiger partial charge >= 0.3 is 0 Å². The Kier molecular flexibility index (Phi) is 3.53. The van der Waals surface area contributed by atoms with E-state index in [2.05, 4.69) is 16.2 Å². The molecule has 1 amide bonds. The van der Waals surface area contributed by atoms with E-state index >= 15 is 0 Å². The van der Waals surface area contributed by atoms with Crippen molar-refractivity contribution in [2.75, 3.05) is 11.4 Å². The minimum atomic E-state index is -0.0455. The van der Waals surface area contributed by atoms with Crippen LogP contribution in [0.5, 0.6) is 0 Å². The second kappa shape index (κ2) is 6.06. The van der Waals surface area contributed by atoms with Gasteiger partial charge in [0, 0.05) is 17.8 Å². The first-order valence-electron chi connectivity index (χ1n) is 8.94. The van der Waals surface area contributed by atoms with E-state index in [0.717, 1.165) is 17.7 Å². The third kappa shape index (κ3) is 2.51. The van der Waals surface area contributed by atoms with Crippen LogP contribution in [0.1, 0.15) is 21.6 Å². The first-order valence-corrected chi connectivity index (χ1v) is 8.94. The van der Waals surface area contributed by atoms with Gasteiger partial charge in [-0.1, -0.05) is 53.7 Å². The molecule has 1 aliphatic rings. The van der Waals surface area contributed by atoms with Crippen LogP contribution in [-0.4, -0.2) is 22.6 Å². The van der Waals surface area contributed by atoms with Crippen molar-refractivity contribution in [3.63, 3.8) is 0 Å². The number of hydrogen-bond acceptors (Lipinski definition) is 4. The van der Waals surface area contributed by atoms with Crippen LogP contribution in [0.4, 0.5) is 5.69 Å². The zero-order chi connectivity index (χ0) is 18.4. The number of aromatic nitrogens is 2. The van der Waals surface area contributed by atoms with E-state index in [9.17, 15) is 4.79 Å². The lowest BCUT2D eigenvalue weighted by Gasteiger charge is -2.18. The molecule has 0 saturated heterocycles. The van der Waals surface area contributed by atoms with Gasteiger partial charge in [0.05, 0.1) is 22.3 Å². The zero-order valence-corrected chi connectivity index (χ0v) is 14.8. The minimum Gasteiger partial charge on any atom is -0.335 e. The number of para-hydroxylation sites is 1. The van der Waals surface area contributed by atoms with Crippen LogP contribution in [0.25, 0.3) is 22.4 Å². The van der Waals surface area contributed by atoms with Crippen LogP contribution in [0.2, 0.25) is 0 Å². The SMILES string of the molecule is Cc1noc2nc(-c3ccccc3)cc(C(=O)N3CCc4ccccc43)c12. The zero-order valence-electron chi connectivity index (χ0n) is 14.8. The highest BCUT2D eigenvalue weighted by atomic mass is 16.5. The Morgan fingerprint density at radius 2 is 1.85 bits per heavy atom. The summed E-state index contributed by atoms with van der Waals surface area (Å²) in [6.45, 7) is 2.51. The first-order chi connectivity index (χ1) is 13.2. The van der Waals surface area contributed by atoms with Crippen LogP contribution < -0.4 is 4.90 Å². The first kappa shape index (κ1) is 15.8. The molecule has 5 nitrogen and oxygen atoms in total. The minimum absolute atomic E-state index is 0.0455. The van der Waals surface area contributed by atoms with Crippen molar-refractivity contribution in [2.45, 2.75) is 13.3 Å². The third-order valence-electron chi connectivity index (χ3n) is 5.05. The highest BCUT2D eigenvalue weighted by molar-refractivity contribution is 6.14. The molecule has 5 rings (SSSR count). The molecule has 3 heterocycles. The molecule has 0 N–H and O–H groups in total. The van der Waals surface area contributed by atoms with E-state index in [1.807, 2.05) is 66.4 Å². The number of carbonyl (C=O) groups is 1. The predicted molar refractivity (Wildman–Crippen MR) is 104 cm³/mol. The molecule has 1 aliphatic heterocycles. The van der Waals surface area contributed by atoms with Gasteiger partial charge in [0.1, 0.15) is 0 Å². The van der Waals surface area contributed by atoms with Crippen molar-refractivity contribution in [1.29, 1.82) is 0 Å². The molecule has 27 heavy (non-hydrogen) atoms. The number of fused-ring (bicyclic) bond motifs is 2. The molecule has 0 bridgehead atoms. The lowest BCUT2D eigenvalue weighted by atomic mass is 10.0. The second-order valence-corrected chi connectivity index (χ2v) is 6.70. The number of nitrogens with zero attached hydrogens (tertiary/aromatic N) is 3. The number of aryl methyl sites for hydroxylation is 1. The number of benzene rings is 2. The van der Waals surface area contributed by atoms with Gasteiger partial charge in [-0.2, -0.15) is 0 Å². The monoisotopic (exact) mass is 355 g/mol. The van der Waals surface area contributed by atoms with Gasteiger partial charge < -0.3 is 9.42 Å². The quantitative estimate of drug-likeness (QED) is 0.535. The van der Waals surface area contributed by atoms with Crippen LogP contribution >= 0.6 is 0 Å². The molecular formula is C22H17N3O2. The fraction of sp³-hybridized carbons (Fsp3) is 0.136. The fourth-order valence-electron chi connectivity index (χ4n) is 3.71. The Hall–Kier alpha value is -3.47. The van der Waals surface area contributed by atoms with Crippen LogP contribution in [0, 0.1) is 6.92 Å². The van der Waals surface area contributed by atoms with Crippen LogP contribution in [-0.2, 0) is 6.42 Å². The summed E-state index contributed by atoms with van der Waals surface area (Å²) < 4.78 is 5.40. The highest BCUT2D eigenvalue weighted by Crippen LogP contribution is 2.32. The van der Waals surface area contributed by atoms with E-state index in [1.165, 1.54) is 5.56 Å². The summed E-state index contributed by atoms with van der Waals surface area (Å²) >= 11 is 0. The van der Waals surface area contributed by atoms with E-state index in [0.29, 0.717) is 34.6 Å². The molecule has 0 atom stereocenters. The van der Waals surface area contributed by atoms with Crippen molar-refractivity contribution in [1.82, 2.24) is 10.1 Å². The average Bonchev–Trinajstić information content (AvgIpc) is 3.31. The lowest BCUT2D eigenvalue weighted by Crippen LogP contribution is -2.29. The molecule has 132 valence electrons. The molecule has 0 spiro atoms. The number of anilines is 1. The summed E-state index contributed by atoms with van der Waals surface area (Å²) in [7, 11) is 0. The Morgan fingerprint density at radius 1 is 1.07 bits per heavy atom. The number of pyridine rings is 1. The van der Waals surface area contributed by atoms with E-state index in [1.54, 1.807) is 0 Å². The average molecular weight is 355 g/mol. The summed E-state index contributed by atoms with van der Waals surface area (Å²) in [4.78, 5) is 19.9. The van der Waals surface area contributed by atoms with Crippen molar-refractivity contribution < 1.29 is 9.32 Å². The van der Waals surface area contributed by atoms with Gasteiger partial charge in [0.2, 0.25) is 0 Å². The van der Waals surface area contributed by atoms with E-state index < -0.39 is 0 Å². The fourth-order valence-corrected chi connectivity index (χ4v) is 3.71. The Labute approximate surface area is 156 Å². The standard InChI is InChI=1S/C22H17N3O2/c1-14-20-17(22(26)25-12-11-16-9-5-6-10-19(16)25)13-18(23-21(20)27-24-14)15-7-3-2-4-8-15/h2-10,13H,11-12H2,1H3. The molecule has 0 radical (unpaired) electrons. The number of hydrogen-bond donors (Lipinski definition) is 0. The van der Waals surface area contributed by atoms with Crippen LogP contribution in [0.15, 0.2) is 65.2 Å². The summed E-state index contributed by atoms with van der Waals surface area (Å²) in [5.74, 6) is -0.0455. The van der Waals surface area contributed by atoms with Crippen molar-refractivity contribution >= 4 is 22.7 Å².